The van der Waals surface area contributed by atoms with E-state index in [9.17, 15) is 18.0 Å². The van der Waals surface area contributed by atoms with Gasteiger partial charge in [-0.25, -0.2) is 4.79 Å². The molecule has 1 heterocycles. The molecule has 2 aromatic rings. The van der Waals surface area contributed by atoms with Gasteiger partial charge in [0.2, 0.25) is 0 Å². The second-order valence-electron chi connectivity index (χ2n) is 4.25. The highest BCUT2D eigenvalue weighted by Crippen LogP contribution is 2.22. The quantitative estimate of drug-likeness (QED) is 0.889. The molecular weight excluding hydrogens is 271 g/mol. The first-order chi connectivity index (χ1) is 9.35. The van der Waals surface area contributed by atoms with Crippen LogP contribution in [0.25, 0.3) is 10.9 Å². The minimum atomic E-state index is -4.44. The fourth-order valence-corrected chi connectivity index (χ4v) is 1.76. The maximum absolute atomic E-state index is 12.0. The number of hydrogen-bond acceptors (Lipinski definition) is 2. The maximum Gasteiger partial charge on any atom is 0.405 e. The third kappa shape index (κ3) is 3.59. The third-order valence-electron chi connectivity index (χ3n) is 2.54. The highest BCUT2D eigenvalue weighted by molar-refractivity contribution is 6.00. The molecule has 0 atom stereocenters. The van der Waals surface area contributed by atoms with E-state index in [0.29, 0.717) is 22.3 Å². The molecule has 2 rings (SSSR count). The van der Waals surface area contributed by atoms with Crippen LogP contribution in [0.3, 0.4) is 0 Å². The predicted octanol–water partition coefficient (Wildman–Crippen LogP) is 3.23. The lowest BCUT2D eigenvalue weighted by atomic mass is 10.1. The maximum atomic E-state index is 12.0. The van der Waals surface area contributed by atoms with Crippen LogP contribution >= 0.6 is 0 Å². The van der Waals surface area contributed by atoms with Gasteiger partial charge in [-0.1, -0.05) is 18.2 Å². The molecule has 2 amide bonds. The van der Waals surface area contributed by atoms with Gasteiger partial charge >= 0.3 is 12.2 Å². The fourth-order valence-electron chi connectivity index (χ4n) is 1.76. The lowest BCUT2D eigenvalue weighted by molar-refractivity contribution is -0.122. The topological polar surface area (TPSA) is 54.0 Å². The van der Waals surface area contributed by atoms with E-state index in [-0.39, 0.29) is 0 Å². The van der Waals surface area contributed by atoms with Crippen LogP contribution in [0.2, 0.25) is 0 Å². The second-order valence-corrected chi connectivity index (χ2v) is 4.25. The number of alkyl halides is 3. The Hall–Kier alpha value is -2.31. The van der Waals surface area contributed by atoms with Crippen LogP contribution in [0, 0.1) is 6.92 Å². The largest absolute Gasteiger partial charge is 0.405 e. The van der Waals surface area contributed by atoms with Crippen LogP contribution in [0.4, 0.5) is 23.7 Å². The standard InChI is InChI=1S/C13H12F3N3O/c1-8-6-11(9-4-2-3-5-10(9)18-8)19-12(20)17-7-13(14,15)16/h2-6H,7H2,1H3,(H2,17,18,19,20). The minimum Gasteiger partial charge on any atom is -0.329 e. The Morgan fingerprint density at radius 1 is 1.30 bits per heavy atom. The molecule has 0 aliphatic rings. The fraction of sp³-hybridized carbons (Fsp3) is 0.231. The summed E-state index contributed by atoms with van der Waals surface area (Å²) >= 11 is 0. The number of aryl methyl sites for hydroxylation is 1. The summed E-state index contributed by atoms with van der Waals surface area (Å²) in [5.74, 6) is 0. The van der Waals surface area contributed by atoms with Gasteiger partial charge in [-0.15, -0.1) is 0 Å². The lowest BCUT2D eigenvalue weighted by Gasteiger charge is -2.12. The number of amides is 2. The van der Waals surface area contributed by atoms with E-state index in [1.165, 1.54) is 0 Å². The van der Waals surface area contributed by atoms with Crippen molar-refractivity contribution in [2.24, 2.45) is 0 Å². The van der Waals surface area contributed by atoms with Crippen LogP contribution in [0.5, 0.6) is 0 Å². The van der Waals surface area contributed by atoms with E-state index in [2.05, 4.69) is 10.3 Å². The van der Waals surface area contributed by atoms with E-state index in [4.69, 9.17) is 0 Å². The van der Waals surface area contributed by atoms with Crippen LogP contribution in [-0.2, 0) is 0 Å². The first kappa shape index (κ1) is 14.1. The number of benzene rings is 1. The van der Waals surface area contributed by atoms with Gasteiger partial charge in [-0.2, -0.15) is 13.2 Å². The van der Waals surface area contributed by atoms with Crippen molar-refractivity contribution in [3.05, 3.63) is 36.0 Å². The number of para-hydroxylation sites is 1. The van der Waals surface area contributed by atoms with Gasteiger partial charge in [0.15, 0.2) is 0 Å². The summed E-state index contributed by atoms with van der Waals surface area (Å²) in [6.07, 6.45) is -4.44. The molecule has 1 aromatic carbocycles. The Bertz CT molecular complexity index is 640. The molecule has 7 heteroatoms. The normalized spacial score (nSPS) is 11.4. The zero-order valence-electron chi connectivity index (χ0n) is 10.6. The number of rotatable bonds is 2. The summed E-state index contributed by atoms with van der Waals surface area (Å²) in [6.45, 7) is 0.367. The zero-order chi connectivity index (χ0) is 14.8. The summed E-state index contributed by atoms with van der Waals surface area (Å²) in [4.78, 5) is 15.7. The van der Waals surface area contributed by atoms with Crippen LogP contribution in [0.15, 0.2) is 30.3 Å². The molecule has 2 N–H and O–H groups in total. The van der Waals surface area contributed by atoms with Gasteiger partial charge in [0.1, 0.15) is 6.54 Å². The van der Waals surface area contributed by atoms with E-state index in [1.54, 1.807) is 42.6 Å². The van der Waals surface area contributed by atoms with E-state index >= 15 is 0 Å². The van der Waals surface area contributed by atoms with Crippen LogP contribution < -0.4 is 10.6 Å². The highest BCUT2D eigenvalue weighted by Gasteiger charge is 2.27. The molecule has 0 unspecified atom stereocenters. The number of hydrogen-bond donors (Lipinski definition) is 2. The number of nitrogens with zero attached hydrogens (tertiary/aromatic N) is 1. The SMILES string of the molecule is Cc1cc(NC(=O)NCC(F)(F)F)c2ccccc2n1. The number of nitrogens with one attached hydrogen (secondary N) is 2. The summed E-state index contributed by atoms with van der Waals surface area (Å²) in [6, 6.07) is 7.76. The summed E-state index contributed by atoms with van der Waals surface area (Å²) < 4.78 is 36.1. The number of anilines is 1. The first-order valence-corrected chi connectivity index (χ1v) is 5.83. The number of urea groups is 1. The van der Waals surface area contributed by atoms with Crippen LogP contribution in [0.1, 0.15) is 5.69 Å². The van der Waals surface area contributed by atoms with E-state index in [0.717, 1.165) is 0 Å². The first-order valence-electron chi connectivity index (χ1n) is 5.83. The number of halogens is 3. The van der Waals surface area contributed by atoms with Gasteiger partial charge in [0.25, 0.3) is 0 Å². The number of pyridine rings is 1. The van der Waals surface area contributed by atoms with Crippen molar-refractivity contribution in [2.45, 2.75) is 13.1 Å². The Morgan fingerprint density at radius 3 is 2.70 bits per heavy atom. The summed E-state index contributed by atoms with van der Waals surface area (Å²) in [7, 11) is 0. The van der Waals surface area contributed by atoms with Crippen molar-refractivity contribution < 1.29 is 18.0 Å². The van der Waals surface area contributed by atoms with Gasteiger partial charge in [0, 0.05) is 11.1 Å². The van der Waals surface area contributed by atoms with Gasteiger partial charge in [-0.05, 0) is 19.1 Å². The molecular formula is C13H12F3N3O. The van der Waals surface area contributed by atoms with E-state index < -0.39 is 18.8 Å². The predicted molar refractivity (Wildman–Crippen MR) is 69.6 cm³/mol. The van der Waals surface area contributed by atoms with Crippen molar-refractivity contribution in [3.63, 3.8) is 0 Å². The zero-order valence-corrected chi connectivity index (χ0v) is 10.6. The monoisotopic (exact) mass is 283 g/mol. The molecule has 0 saturated heterocycles. The molecule has 0 aliphatic carbocycles. The highest BCUT2D eigenvalue weighted by atomic mass is 19.4. The van der Waals surface area contributed by atoms with Gasteiger partial charge < -0.3 is 10.6 Å². The summed E-state index contributed by atoms with van der Waals surface area (Å²) in [5.41, 5.74) is 1.75. The number of fused-ring (bicyclic) bond motifs is 1. The lowest BCUT2D eigenvalue weighted by Crippen LogP contribution is -2.36. The molecule has 0 aliphatic heterocycles. The Balaban J connectivity index is 2.19. The molecule has 0 bridgehead atoms. The molecule has 1 aromatic heterocycles. The number of aromatic nitrogens is 1. The summed E-state index contributed by atoms with van der Waals surface area (Å²) in [5, 5.41) is 4.83. The Kier molecular flexibility index (Phi) is 3.78. The Labute approximate surface area is 113 Å². The molecule has 0 saturated carbocycles. The molecule has 4 nitrogen and oxygen atoms in total. The molecule has 106 valence electrons. The third-order valence-corrected chi connectivity index (χ3v) is 2.54. The van der Waals surface area contributed by atoms with Gasteiger partial charge in [-0.3, -0.25) is 4.98 Å². The van der Waals surface area contributed by atoms with Crippen LogP contribution in [-0.4, -0.2) is 23.7 Å². The molecule has 20 heavy (non-hydrogen) atoms. The second kappa shape index (κ2) is 5.36. The van der Waals surface area contributed by atoms with E-state index in [1.807, 2.05) is 0 Å². The Morgan fingerprint density at radius 2 is 2.00 bits per heavy atom. The number of carbonyl (C=O) groups is 1. The van der Waals surface area contributed by atoms with Crippen molar-refractivity contribution in [1.29, 1.82) is 0 Å². The smallest absolute Gasteiger partial charge is 0.329 e. The average molecular weight is 283 g/mol. The van der Waals surface area contributed by atoms with Gasteiger partial charge in [0.05, 0.1) is 11.2 Å². The van der Waals surface area contributed by atoms with Crippen molar-refractivity contribution in [1.82, 2.24) is 10.3 Å². The van der Waals surface area contributed by atoms with Crippen molar-refractivity contribution in [3.8, 4) is 0 Å². The molecule has 0 fully saturated rings. The average Bonchev–Trinajstić information content (AvgIpc) is 2.35. The van der Waals surface area contributed by atoms with Crippen molar-refractivity contribution >= 4 is 22.6 Å². The molecule has 0 radical (unpaired) electrons. The van der Waals surface area contributed by atoms with Crippen molar-refractivity contribution in [2.75, 3.05) is 11.9 Å². The molecule has 0 spiro atoms. The number of carbonyl (C=O) groups excluding carboxylic acids is 1. The minimum absolute atomic E-state index is 0.424.